The van der Waals surface area contributed by atoms with Gasteiger partial charge in [0, 0.05) is 30.4 Å². The van der Waals surface area contributed by atoms with Crippen LogP contribution in [0.3, 0.4) is 0 Å². The van der Waals surface area contributed by atoms with Crippen LogP contribution in [-0.4, -0.2) is 29.4 Å². The van der Waals surface area contributed by atoms with Crippen molar-refractivity contribution in [3.05, 3.63) is 83.2 Å². The average Bonchev–Trinajstić information content (AvgIpc) is 3.18. The number of benzene rings is 2. The SMILES string of the molecule is CCNC(=NCc1cnn(Cc2ccccc2)c1)NCc1ccc(C)cc1OC.I. The molecule has 0 aliphatic heterocycles. The number of ether oxygens (including phenoxy) is 1. The molecule has 0 atom stereocenters. The Balaban J connectivity index is 0.00000320. The van der Waals surface area contributed by atoms with Crippen molar-refractivity contribution in [2.45, 2.75) is 33.5 Å². The lowest BCUT2D eigenvalue weighted by Gasteiger charge is -2.13. The van der Waals surface area contributed by atoms with Gasteiger partial charge >= 0.3 is 0 Å². The van der Waals surface area contributed by atoms with Crippen molar-refractivity contribution in [2.75, 3.05) is 13.7 Å². The molecule has 1 heterocycles. The molecule has 6 nitrogen and oxygen atoms in total. The number of aromatic nitrogens is 2. The van der Waals surface area contributed by atoms with Crippen LogP contribution in [0.15, 0.2) is 65.9 Å². The second kappa shape index (κ2) is 12.2. The van der Waals surface area contributed by atoms with Crippen LogP contribution >= 0.6 is 24.0 Å². The van der Waals surface area contributed by atoms with Crippen LogP contribution in [0.25, 0.3) is 0 Å². The Morgan fingerprint density at radius 3 is 2.63 bits per heavy atom. The van der Waals surface area contributed by atoms with Gasteiger partial charge in [-0.1, -0.05) is 42.5 Å². The molecule has 0 saturated carbocycles. The van der Waals surface area contributed by atoms with Crippen molar-refractivity contribution in [3.63, 3.8) is 0 Å². The standard InChI is InChI=1S/C23H29N5O.HI/c1-4-24-23(26-15-21-11-10-18(2)12-22(21)29-3)25-13-20-14-27-28(17-20)16-19-8-6-5-7-9-19;/h5-12,14,17H,4,13,15-16H2,1-3H3,(H2,24,25,26);1H. The maximum atomic E-state index is 5.49. The van der Waals surface area contributed by atoms with Crippen LogP contribution in [0.2, 0.25) is 0 Å². The smallest absolute Gasteiger partial charge is 0.191 e. The number of methoxy groups -OCH3 is 1. The highest BCUT2D eigenvalue weighted by atomic mass is 127. The highest BCUT2D eigenvalue weighted by Crippen LogP contribution is 2.19. The topological polar surface area (TPSA) is 63.5 Å². The van der Waals surface area contributed by atoms with Gasteiger partial charge in [-0.2, -0.15) is 5.10 Å². The molecular formula is C23H30IN5O. The minimum atomic E-state index is 0. The summed E-state index contributed by atoms with van der Waals surface area (Å²) < 4.78 is 7.43. The summed E-state index contributed by atoms with van der Waals surface area (Å²) in [5.41, 5.74) is 4.58. The van der Waals surface area contributed by atoms with Gasteiger partial charge in [-0.15, -0.1) is 24.0 Å². The van der Waals surface area contributed by atoms with Crippen LogP contribution in [-0.2, 0) is 19.6 Å². The first-order valence-electron chi connectivity index (χ1n) is 9.89. The predicted molar refractivity (Wildman–Crippen MR) is 133 cm³/mol. The number of nitrogens with one attached hydrogen (secondary N) is 2. The molecule has 0 aliphatic rings. The van der Waals surface area contributed by atoms with E-state index in [1.807, 2.05) is 41.3 Å². The normalized spacial score (nSPS) is 11.0. The summed E-state index contributed by atoms with van der Waals surface area (Å²) in [7, 11) is 1.70. The van der Waals surface area contributed by atoms with Crippen molar-refractivity contribution in [2.24, 2.45) is 4.99 Å². The Hall–Kier alpha value is -2.55. The molecule has 0 bridgehead atoms. The van der Waals surface area contributed by atoms with Gasteiger partial charge in [0.15, 0.2) is 5.96 Å². The Labute approximate surface area is 195 Å². The van der Waals surface area contributed by atoms with Gasteiger partial charge in [-0.05, 0) is 31.0 Å². The third kappa shape index (κ3) is 7.05. The van der Waals surface area contributed by atoms with Crippen LogP contribution in [0.1, 0.15) is 29.2 Å². The summed E-state index contributed by atoms with van der Waals surface area (Å²) in [6, 6.07) is 16.5. The Kier molecular flexibility index (Phi) is 9.66. The summed E-state index contributed by atoms with van der Waals surface area (Å²) in [5, 5.41) is 11.1. The van der Waals surface area contributed by atoms with E-state index >= 15 is 0 Å². The van der Waals surface area contributed by atoms with Gasteiger partial charge in [-0.3, -0.25) is 4.68 Å². The lowest BCUT2D eigenvalue weighted by molar-refractivity contribution is 0.408. The zero-order valence-corrected chi connectivity index (χ0v) is 20.1. The number of aryl methyl sites for hydroxylation is 1. The number of halogens is 1. The van der Waals surface area contributed by atoms with E-state index in [9.17, 15) is 0 Å². The summed E-state index contributed by atoms with van der Waals surface area (Å²) in [4.78, 5) is 4.69. The molecule has 1 aromatic heterocycles. The summed E-state index contributed by atoms with van der Waals surface area (Å²) >= 11 is 0. The molecule has 30 heavy (non-hydrogen) atoms. The van der Waals surface area contributed by atoms with E-state index in [4.69, 9.17) is 9.73 Å². The number of aliphatic imine (C=N–C) groups is 1. The molecule has 0 unspecified atom stereocenters. The quantitative estimate of drug-likeness (QED) is 0.267. The molecule has 0 saturated heterocycles. The van der Waals surface area contributed by atoms with Gasteiger partial charge in [0.1, 0.15) is 5.75 Å². The second-order valence-electron chi connectivity index (χ2n) is 6.90. The molecule has 7 heteroatoms. The molecule has 0 aliphatic carbocycles. The maximum Gasteiger partial charge on any atom is 0.191 e. The predicted octanol–water partition coefficient (Wildman–Crippen LogP) is 4.12. The molecule has 160 valence electrons. The Bertz CT molecular complexity index is 940. The third-order valence-electron chi connectivity index (χ3n) is 4.53. The molecule has 3 aromatic rings. The van der Waals surface area contributed by atoms with Crippen LogP contribution in [0.4, 0.5) is 0 Å². The first kappa shape index (κ1) is 23.7. The van der Waals surface area contributed by atoms with E-state index in [0.717, 1.165) is 35.9 Å². The summed E-state index contributed by atoms with van der Waals surface area (Å²) in [6.07, 6.45) is 3.92. The van der Waals surface area contributed by atoms with Crippen molar-refractivity contribution >= 4 is 29.9 Å². The number of hydrogen-bond donors (Lipinski definition) is 2. The van der Waals surface area contributed by atoms with Crippen molar-refractivity contribution in [1.29, 1.82) is 0 Å². The van der Waals surface area contributed by atoms with E-state index in [-0.39, 0.29) is 24.0 Å². The molecular weight excluding hydrogens is 489 g/mol. The molecule has 2 aromatic carbocycles. The van der Waals surface area contributed by atoms with Crippen molar-refractivity contribution < 1.29 is 4.74 Å². The van der Waals surface area contributed by atoms with E-state index < -0.39 is 0 Å². The minimum Gasteiger partial charge on any atom is -0.496 e. The average molecular weight is 519 g/mol. The lowest BCUT2D eigenvalue weighted by Crippen LogP contribution is -2.36. The summed E-state index contributed by atoms with van der Waals surface area (Å²) in [6.45, 7) is 6.88. The van der Waals surface area contributed by atoms with E-state index in [1.54, 1.807) is 7.11 Å². The third-order valence-corrected chi connectivity index (χ3v) is 4.53. The van der Waals surface area contributed by atoms with Crippen LogP contribution in [0.5, 0.6) is 5.75 Å². The molecule has 2 N–H and O–H groups in total. The number of nitrogens with zero attached hydrogens (tertiary/aromatic N) is 3. The number of guanidine groups is 1. The second-order valence-corrected chi connectivity index (χ2v) is 6.90. The first-order valence-corrected chi connectivity index (χ1v) is 9.89. The van der Waals surface area contributed by atoms with Crippen molar-refractivity contribution in [3.8, 4) is 5.75 Å². The highest BCUT2D eigenvalue weighted by Gasteiger charge is 2.05. The number of rotatable bonds is 8. The van der Waals surface area contributed by atoms with E-state index in [0.29, 0.717) is 13.1 Å². The molecule has 0 spiro atoms. The zero-order valence-electron chi connectivity index (χ0n) is 17.8. The summed E-state index contributed by atoms with van der Waals surface area (Å²) in [5.74, 6) is 1.65. The molecule has 0 amide bonds. The fourth-order valence-electron chi connectivity index (χ4n) is 3.03. The van der Waals surface area contributed by atoms with E-state index in [2.05, 4.69) is 53.8 Å². The van der Waals surface area contributed by atoms with Gasteiger partial charge in [0.2, 0.25) is 0 Å². The van der Waals surface area contributed by atoms with E-state index in [1.165, 1.54) is 11.1 Å². The van der Waals surface area contributed by atoms with Crippen LogP contribution in [0, 0.1) is 6.92 Å². The lowest BCUT2D eigenvalue weighted by atomic mass is 10.1. The van der Waals surface area contributed by atoms with Crippen molar-refractivity contribution in [1.82, 2.24) is 20.4 Å². The first-order chi connectivity index (χ1) is 14.2. The zero-order chi connectivity index (χ0) is 20.5. The number of hydrogen-bond acceptors (Lipinski definition) is 3. The fourth-order valence-corrected chi connectivity index (χ4v) is 3.03. The van der Waals surface area contributed by atoms with Crippen LogP contribution < -0.4 is 15.4 Å². The monoisotopic (exact) mass is 519 g/mol. The van der Waals surface area contributed by atoms with Gasteiger partial charge in [-0.25, -0.2) is 4.99 Å². The molecule has 3 rings (SSSR count). The Morgan fingerprint density at radius 1 is 1.10 bits per heavy atom. The Morgan fingerprint density at radius 2 is 1.90 bits per heavy atom. The largest absolute Gasteiger partial charge is 0.496 e. The van der Waals surface area contributed by atoms with Gasteiger partial charge in [0.25, 0.3) is 0 Å². The van der Waals surface area contributed by atoms with Gasteiger partial charge in [0.05, 0.1) is 26.4 Å². The van der Waals surface area contributed by atoms with Gasteiger partial charge < -0.3 is 15.4 Å². The molecule has 0 fully saturated rings. The molecule has 0 radical (unpaired) electrons. The fraction of sp³-hybridized carbons (Fsp3) is 0.304. The highest BCUT2D eigenvalue weighted by molar-refractivity contribution is 14.0. The minimum absolute atomic E-state index is 0. The maximum absolute atomic E-state index is 5.49.